The van der Waals surface area contributed by atoms with Crippen molar-refractivity contribution in [3.05, 3.63) is 24.4 Å². The quantitative estimate of drug-likeness (QED) is 0.855. The Morgan fingerprint density at radius 3 is 2.89 bits per heavy atom. The van der Waals surface area contributed by atoms with Crippen LogP contribution in [-0.4, -0.2) is 47.7 Å². The van der Waals surface area contributed by atoms with Gasteiger partial charge in [-0.2, -0.15) is 5.10 Å². The zero-order valence-electron chi connectivity index (χ0n) is 10.9. The zero-order chi connectivity index (χ0) is 14.0. The van der Waals surface area contributed by atoms with Crippen molar-refractivity contribution in [2.45, 2.75) is 24.3 Å². The first kappa shape index (κ1) is 14.0. The highest BCUT2D eigenvalue weighted by Crippen LogP contribution is 2.19. The van der Waals surface area contributed by atoms with E-state index in [1.165, 1.54) is 11.4 Å². The molecule has 19 heavy (non-hydrogen) atoms. The summed E-state index contributed by atoms with van der Waals surface area (Å²) in [5, 5.41) is 16.7. The van der Waals surface area contributed by atoms with E-state index < -0.39 is 16.1 Å². The van der Waals surface area contributed by atoms with Crippen LogP contribution in [0.15, 0.2) is 29.3 Å². The molecule has 0 unspecified atom stereocenters. The fraction of sp³-hybridized carbons (Fsp3) is 0.417. The Morgan fingerprint density at radius 2 is 2.21 bits per heavy atom. The molecule has 0 aliphatic rings. The predicted octanol–water partition coefficient (Wildman–Crippen LogP) is 0.954. The molecule has 2 rings (SSSR count). The summed E-state index contributed by atoms with van der Waals surface area (Å²) in [5.41, 5.74) is 0.685. The lowest BCUT2D eigenvalue weighted by molar-refractivity contribution is 0.177. The molecular formula is C12H17N3O3S. The van der Waals surface area contributed by atoms with Gasteiger partial charge in [0.25, 0.3) is 0 Å². The summed E-state index contributed by atoms with van der Waals surface area (Å²) < 4.78 is 25.9. The molecule has 7 heteroatoms. The van der Waals surface area contributed by atoms with E-state index in [9.17, 15) is 13.5 Å². The van der Waals surface area contributed by atoms with Crippen LogP contribution in [0.2, 0.25) is 0 Å². The molecule has 0 aliphatic heterocycles. The molecule has 1 atom stereocenters. The van der Waals surface area contributed by atoms with Crippen molar-refractivity contribution < 1.29 is 13.5 Å². The van der Waals surface area contributed by atoms with Crippen molar-refractivity contribution in [2.24, 2.45) is 0 Å². The summed E-state index contributed by atoms with van der Waals surface area (Å²) in [5.74, 6) is 0. The van der Waals surface area contributed by atoms with E-state index in [2.05, 4.69) is 10.2 Å². The molecule has 0 aliphatic carbocycles. The Bertz CT molecular complexity index is 664. The standard InChI is InChI=1S/C12H17N3O3S/c1-9(16)5-6-15(2)19(17,18)11-4-3-10-8-13-14-12(10)7-11/h3-4,7-9,16H,5-6H2,1-2H3,(H,13,14)/t9-/m1/s1. The van der Waals surface area contributed by atoms with Gasteiger partial charge in [-0.3, -0.25) is 5.10 Å². The number of aromatic nitrogens is 2. The van der Waals surface area contributed by atoms with Crippen LogP contribution in [-0.2, 0) is 10.0 Å². The maximum absolute atomic E-state index is 12.3. The fourth-order valence-electron chi connectivity index (χ4n) is 1.75. The van der Waals surface area contributed by atoms with E-state index in [-0.39, 0.29) is 11.4 Å². The lowest BCUT2D eigenvalue weighted by atomic mass is 10.3. The van der Waals surface area contributed by atoms with Crippen LogP contribution in [0.5, 0.6) is 0 Å². The van der Waals surface area contributed by atoms with E-state index in [0.29, 0.717) is 11.9 Å². The molecule has 2 N–H and O–H groups in total. The molecule has 0 radical (unpaired) electrons. The van der Waals surface area contributed by atoms with Crippen LogP contribution in [0.3, 0.4) is 0 Å². The highest BCUT2D eigenvalue weighted by molar-refractivity contribution is 7.89. The van der Waals surface area contributed by atoms with Crippen molar-refractivity contribution in [1.29, 1.82) is 0 Å². The number of nitrogens with zero attached hydrogens (tertiary/aromatic N) is 2. The average Bonchev–Trinajstić information content (AvgIpc) is 2.82. The van der Waals surface area contributed by atoms with Crippen molar-refractivity contribution >= 4 is 20.9 Å². The van der Waals surface area contributed by atoms with Gasteiger partial charge >= 0.3 is 0 Å². The number of aliphatic hydroxyl groups excluding tert-OH is 1. The van der Waals surface area contributed by atoms with Gasteiger partial charge in [0.2, 0.25) is 10.0 Å². The van der Waals surface area contributed by atoms with E-state index in [1.54, 1.807) is 31.3 Å². The molecular weight excluding hydrogens is 266 g/mol. The van der Waals surface area contributed by atoms with E-state index in [4.69, 9.17) is 0 Å². The number of hydrogen-bond donors (Lipinski definition) is 2. The monoisotopic (exact) mass is 283 g/mol. The van der Waals surface area contributed by atoms with Crippen LogP contribution in [0, 0.1) is 0 Å². The summed E-state index contributed by atoms with van der Waals surface area (Å²) in [6, 6.07) is 4.84. The highest BCUT2D eigenvalue weighted by Gasteiger charge is 2.21. The Kier molecular flexibility index (Phi) is 3.88. The zero-order valence-corrected chi connectivity index (χ0v) is 11.7. The number of rotatable bonds is 5. The minimum atomic E-state index is -3.53. The van der Waals surface area contributed by atoms with Crippen LogP contribution in [0.4, 0.5) is 0 Å². The highest BCUT2D eigenvalue weighted by atomic mass is 32.2. The van der Waals surface area contributed by atoms with Crippen molar-refractivity contribution in [3.63, 3.8) is 0 Å². The average molecular weight is 283 g/mol. The van der Waals surface area contributed by atoms with E-state index in [0.717, 1.165) is 5.39 Å². The van der Waals surface area contributed by atoms with Crippen LogP contribution in [0.1, 0.15) is 13.3 Å². The second-order valence-electron chi connectivity index (χ2n) is 4.58. The molecule has 104 valence electrons. The Hall–Kier alpha value is -1.44. The molecule has 6 nitrogen and oxygen atoms in total. The normalized spacial score (nSPS) is 14.1. The maximum Gasteiger partial charge on any atom is 0.242 e. The van der Waals surface area contributed by atoms with Gasteiger partial charge in [0.1, 0.15) is 0 Å². The van der Waals surface area contributed by atoms with Gasteiger partial charge in [0.05, 0.1) is 22.7 Å². The number of aliphatic hydroxyl groups is 1. The number of aromatic amines is 1. The molecule has 0 fully saturated rings. The van der Waals surface area contributed by atoms with Gasteiger partial charge < -0.3 is 5.11 Å². The van der Waals surface area contributed by atoms with Crippen LogP contribution in [0.25, 0.3) is 10.9 Å². The topological polar surface area (TPSA) is 86.3 Å². The third-order valence-corrected chi connectivity index (χ3v) is 4.84. The molecule has 0 saturated carbocycles. The number of hydrogen-bond acceptors (Lipinski definition) is 4. The number of H-pyrrole nitrogens is 1. The lowest BCUT2D eigenvalue weighted by Crippen LogP contribution is -2.29. The summed E-state index contributed by atoms with van der Waals surface area (Å²) in [7, 11) is -2.02. The molecule has 1 aromatic carbocycles. The Balaban J connectivity index is 2.27. The van der Waals surface area contributed by atoms with Gasteiger partial charge in [-0.25, -0.2) is 12.7 Å². The van der Waals surface area contributed by atoms with Crippen molar-refractivity contribution in [3.8, 4) is 0 Å². The smallest absolute Gasteiger partial charge is 0.242 e. The van der Waals surface area contributed by atoms with Crippen LogP contribution < -0.4 is 0 Å². The second-order valence-corrected chi connectivity index (χ2v) is 6.63. The minimum absolute atomic E-state index is 0.220. The molecule has 0 spiro atoms. The Morgan fingerprint density at radius 1 is 1.47 bits per heavy atom. The molecule has 0 saturated heterocycles. The first-order valence-corrected chi connectivity index (χ1v) is 7.43. The van der Waals surface area contributed by atoms with Gasteiger partial charge in [0, 0.05) is 19.0 Å². The molecule has 1 heterocycles. The maximum atomic E-state index is 12.3. The second kappa shape index (κ2) is 5.28. The first-order valence-electron chi connectivity index (χ1n) is 5.99. The molecule has 1 aromatic heterocycles. The Labute approximate surface area is 112 Å². The molecule has 2 aromatic rings. The molecule has 0 amide bonds. The number of benzene rings is 1. The van der Waals surface area contributed by atoms with Gasteiger partial charge in [-0.15, -0.1) is 0 Å². The fourth-order valence-corrected chi connectivity index (χ4v) is 2.96. The summed E-state index contributed by atoms with van der Waals surface area (Å²) in [6.45, 7) is 1.91. The van der Waals surface area contributed by atoms with Gasteiger partial charge in [0.15, 0.2) is 0 Å². The largest absolute Gasteiger partial charge is 0.393 e. The van der Waals surface area contributed by atoms with Gasteiger partial charge in [-0.1, -0.05) is 0 Å². The minimum Gasteiger partial charge on any atom is -0.393 e. The number of nitrogens with one attached hydrogen (secondary N) is 1. The van der Waals surface area contributed by atoms with Crippen molar-refractivity contribution in [1.82, 2.24) is 14.5 Å². The van der Waals surface area contributed by atoms with Crippen LogP contribution >= 0.6 is 0 Å². The van der Waals surface area contributed by atoms with E-state index in [1.807, 2.05) is 0 Å². The van der Waals surface area contributed by atoms with E-state index >= 15 is 0 Å². The molecule has 0 bridgehead atoms. The number of fused-ring (bicyclic) bond motifs is 1. The third kappa shape index (κ3) is 2.94. The predicted molar refractivity (Wildman–Crippen MR) is 72.2 cm³/mol. The first-order chi connectivity index (χ1) is 8.91. The summed E-state index contributed by atoms with van der Waals surface area (Å²) in [6.07, 6.45) is 1.53. The van der Waals surface area contributed by atoms with Gasteiger partial charge in [-0.05, 0) is 31.5 Å². The SMILES string of the molecule is C[C@@H](O)CCN(C)S(=O)(=O)c1ccc2cn[nH]c2c1. The number of sulfonamides is 1. The van der Waals surface area contributed by atoms with Crippen molar-refractivity contribution in [2.75, 3.05) is 13.6 Å². The summed E-state index contributed by atoms with van der Waals surface area (Å²) >= 11 is 0. The lowest BCUT2D eigenvalue weighted by Gasteiger charge is -2.17. The third-order valence-electron chi connectivity index (χ3n) is 2.98. The summed E-state index contributed by atoms with van der Waals surface area (Å²) in [4.78, 5) is 0.220.